The predicted molar refractivity (Wildman–Crippen MR) is 177 cm³/mol. The zero-order valence-electron chi connectivity index (χ0n) is 24.7. The summed E-state index contributed by atoms with van der Waals surface area (Å²) in [6.45, 7) is 1.69. The minimum absolute atomic E-state index is 0. The number of carboxylic acids is 1. The molecule has 1 aromatic heterocycles. The first kappa shape index (κ1) is 36.8. The van der Waals surface area contributed by atoms with Crippen LogP contribution in [-0.4, -0.2) is 52.2 Å². The first-order valence-electron chi connectivity index (χ1n) is 15.1. The molecular formula is C35H50N4O6. The number of nitrogens with one attached hydrogen (secondary N) is 4. The molecule has 45 heavy (non-hydrogen) atoms. The Morgan fingerprint density at radius 3 is 2.24 bits per heavy atom. The average Bonchev–Trinajstić information content (AvgIpc) is 3.37. The van der Waals surface area contributed by atoms with Gasteiger partial charge in [-0.25, -0.2) is 4.79 Å². The van der Waals surface area contributed by atoms with E-state index in [0.717, 1.165) is 60.7 Å². The van der Waals surface area contributed by atoms with Crippen LogP contribution in [0.15, 0.2) is 60.7 Å². The van der Waals surface area contributed by atoms with Crippen molar-refractivity contribution in [2.24, 2.45) is 0 Å². The second-order valence-electron chi connectivity index (χ2n) is 11.5. The molecule has 5 N–H and O–H groups in total. The van der Waals surface area contributed by atoms with Gasteiger partial charge in [-0.2, -0.15) is 0 Å². The van der Waals surface area contributed by atoms with Gasteiger partial charge in [0, 0.05) is 30.6 Å². The average molecular weight is 623 g/mol. The van der Waals surface area contributed by atoms with Gasteiger partial charge in [-0.1, -0.05) is 82.6 Å². The lowest BCUT2D eigenvalue weighted by Gasteiger charge is -2.31. The Kier molecular flexibility index (Phi) is 14.6. The minimum Gasteiger partial charge on any atom is -0.481 e. The summed E-state index contributed by atoms with van der Waals surface area (Å²) in [6.07, 6.45) is 5.93. The SMILES string of the molecule is C.C.CC(Cc1cc2ccccc2[nH]1)(NC(=O)OC1CCCCCCC1)C(=O)NCC(NC(=O)CCC(=O)O)c1ccccc1. The minimum atomic E-state index is -1.38. The fourth-order valence-corrected chi connectivity index (χ4v) is 5.55. The fourth-order valence-electron chi connectivity index (χ4n) is 5.55. The van der Waals surface area contributed by atoms with Crippen LogP contribution in [0.2, 0.25) is 0 Å². The maximum Gasteiger partial charge on any atom is 0.408 e. The van der Waals surface area contributed by atoms with Crippen molar-refractivity contribution in [1.82, 2.24) is 20.9 Å². The van der Waals surface area contributed by atoms with E-state index in [4.69, 9.17) is 9.84 Å². The first-order chi connectivity index (χ1) is 20.7. The molecule has 0 spiro atoms. The molecule has 2 unspecified atom stereocenters. The normalized spacial score (nSPS) is 15.5. The number of carbonyl (C=O) groups is 4. The molecule has 2 aromatic carbocycles. The van der Waals surface area contributed by atoms with Crippen LogP contribution in [-0.2, 0) is 25.5 Å². The van der Waals surface area contributed by atoms with Gasteiger partial charge in [0.1, 0.15) is 11.6 Å². The molecule has 0 saturated heterocycles. The van der Waals surface area contributed by atoms with Crippen molar-refractivity contribution >= 4 is 34.8 Å². The lowest BCUT2D eigenvalue weighted by Crippen LogP contribution is -2.59. The number of hydrogen-bond donors (Lipinski definition) is 5. The fraction of sp³-hybridized carbons (Fsp3) is 0.486. The quantitative estimate of drug-likeness (QED) is 0.157. The number of hydrogen-bond acceptors (Lipinski definition) is 5. The molecule has 0 radical (unpaired) electrons. The number of carboxylic acid groups (broad SMARTS) is 1. The van der Waals surface area contributed by atoms with Crippen LogP contribution in [0.25, 0.3) is 10.9 Å². The molecule has 0 bridgehead atoms. The van der Waals surface area contributed by atoms with E-state index in [0.29, 0.717) is 0 Å². The lowest BCUT2D eigenvalue weighted by atomic mass is 9.94. The van der Waals surface area contributed by atoms with E-state index in [1.807, 2.05) is 60.7 Å². The summed E-state index contributed by atoms with van der Waals surface area (Å²) in [4.78, 5) is 53.9. The number of amides is 3. The summed E-state index contributed by atoms with van der Waals surface area (Å²) >= 11 is 0. The highest BCUT2D eigenvalue weighted by molar-refractivity contribution is 5.90. The summed E-state index contributed by atoms with van der Waals surface area (Å²) in [7, 11) is 0. The van der Waals surface area contributed by atoms with E-state index in [-0.39, 0.29) is 46.8 Å². The van der Waals surface area contributed by atoms with Gasteiger partial charge in [-0.05, 0) is 55.7 Å². The highest BCUT2D eigenvalue weighted by atomic mass is 16.6. The molecule has 3 amide bonds. The van der Waals surface area contributed by atoms with Crippen LogP contribution in [0, 0.1) is 0 Å². The molecule has 2 atom stereocenters. The van der Waals surface area contributed by atoms with Crippen LogP contribution in [0.3, 0.4) is 0 Å². The van der Waals surface area contributed by atoms with Gasteiger partial charge in [0.25, 0.3) is 0 Å². The largest absolute Gasteiger partial charge is 0.481 e. The molecule has 10 nitrogen and oxygen atoms in total. The van der Waals surface area contributed by atoms with Crippen LogP contribution >= 0.6 is 0 Å². The van der Waals surface area contributed by atoms with Crippen molar-refractivity contribution in [2.45, 2.75) is 104 Å². The van der Waals surface area contributed by atoms with Crippen LogP contribution in [0.5, 0.6) is 0 Å². The van der Waals surface area contributed by atoms with Crippen molar-refractivity contribution < 1.29 is 29.0 Å². The zero-order valence-corrected chi connectivity index (χ0v) is 24.7. The predicted octanol–water partition coefficient (Wildman–Crippen LogP) is 6.42. The van der Waals surface area contributed by atoms with Gasteiger partial charge in [0.2, 0.25) is 11.8 Å². The van der Waals surface area contributed by atoms with Crippen molar-refractivity contribution in [3.05, 3.63) is 71.9 Å². The Morgan fingerprint density at radius 2 is 1.58 bits per heavy atom. The van der Waals surface area contributed by atoms with Gasteiger partial charge >= 0.3 is 12.1 Å². The van der Waals surface area contributed by atoms with E-state index in [1.165, 1.54) is 6.42 Å². The Hall–Kier alpha value is -4.34. The molecule has 3 aromatic rings. The van der Waals surface area contributed by atoms with E-state index in [2.05, 4.69) is 20.9 Å². The van der Waals surface area contributed by atoms with Crippen molar-refractivity contribution in [2.75, 3.05) is 6.54 Å². The van der Waals surface area contributed by atoms with Gasteiger partial charge in [0.05, 0.1) is 12.5 Å². The lowest BCUT2D eigenvalue weighted by molar-refractivity contribution is -0.138. The molecule has 246 valence electrons. The van der Waals surface area contributed by atoms with E-state index < -0.39 is 35.5 Å². The van der Waals surface area contributed by atoms with Crippen molar-refractivity contribution in [3.8, 4) is 0 Å². The number of fused-ring (bicyclic) bond motifs is 1. The smallest absolute Gasteiger partial charge is 0.408 e. The van der Waals surface area contributed by atoms with Crippen molar-refractivity contribution in [1.29, 1.82) is 0 Å². The molecule has 1 aliphatic rings. The molecular weight excluding hydrogens is 572 g/mol. The Morgan fingerprint density at radius 1 is 0.933 bits per heavy atom. The topological polar surface area (TPSA) is 150 Å². The third-order valence-electron chi connectivity index (χ3n) is 7.90. The van der Waals surface area contributed by atoms with E-state index in [1.54, 1.807) is 6.92 Å². The third-order valence-corrected chi connectivity index (χ3v) is 7.90. The molecule has 1 saturated carbocycles. The number of aromatic amines is 1. The number of rotatable bonds is 12. The van der Waals surface area contributed by atoms with E-state index >= 15 is 0 Å². The second-order valence-corrected chi connectivity index (χ2v) is 11.5. The molecule has 1 fully saturated rings. The number of alkyl carbamates (subject to hydrolysis) is 1. The number of ether oxygens (including phenoxy) is 1. The summed E-state index contributed by atoms with van der Waals surface area (Å²) in [5, 5.41) is 18.6. The summed E-state index contributed by atoms with van der Waals surface area (Å²) < 4.78 is 5.82. The van der Waals surface area contributed by atoms with E-state index in [9.17, 15) is 19.2 Å². The standard InChI is InChI=1S/C33H42N4O6.2CH4/c1-33(21-25-20-24-14-10-11-17-27(24)35-25,37-32(42)43-26-15-8-3-2-4-9-16-26)31(41)34-22-28(23-12-6-5-7-13-23)36-29(38)18-19-30(39)40;;/h5-7,10-14,17,20,26,28,35H,2-4,8-9,15-16,18-19,21-22H2,1H3,(H,34,41)(H,36,38)(H,37,42)(H,39,40);2*1H4. The summed E-state index contributed by atoms with van der Waals surface area (Å²) in [6, 6.07) is 18.3. The number of para-hydroxylation sites is 1. The maximum absolute atomic E-state index is 13.9. The Balaban J connectivity index is 0.00000353. The van der Waals surface area contributed by atoms with Gasteiger partial charge in [-0.3, -0.25) is 14.4 Å². The molecule has 0 aliphatic heterocycles. The van der Waals surface area contributed by atoms with Gasteiger partial charge in [0.15, 0.2) is 0 Å². The van der Waals surface area contributed by atoms with Gasteiger partial charge < -0.3 is 30.8 Å². The highest BCUT2D eigenvalue weighted by Gasteiger charge is 2.37. The monoisotopic (exact) mass is 622 g/mol. The third kappa shape index (κ3) is 11.3. The van der Waals surface area contributed by atoms with Gasteiger partial charge in [-0.15, -0.1) is 0 Å². The van der Waals surface area contributed by atoms with Crippen molar-refractivity contribution in [3.63, 3.8) is 0 Å². The number of aromatic nitrogens is 1. The number of aliphatic carboxylic acids is 1. The number of H-pyrrole nitrogens is 1. The highest BCUT2D eigenvalue weighted by Crippen LogP contribution is 2.23. The summed E-state index contributed by atoms with van der Waals surface area (Å²) in [5.74, 6) is -1.95. The second kappa shape index (κ2) is 17.8. The molecule has 10 heteroatoms. The first-order valence-corrected chi connectivity index (χ1v) is 15.1. The zero-order chi connectivity index (χ0) is 30.7. The Labute approximate surface area is 266 Å². The van der Waals surface area contributed by atoms with Crippen LogP contribution in [0.1, 0.15) is 96.9 Å². The maximum atomic E-state index is 13.9. The Bertz CT molecular complexity index is 1350. The molecule has 4 rings (SSSR count). The van der Waals surface area contributed by atoms with Crippen LogP contribution < -0.4 is 16.0 Å². The molecule has 1 heterocycles. The summed E-state index contributed by atoms with van der Waals surface area (Å²) in [5.41, 5.74) is 1.06. The van der Waals surface area contributed by atoms with Crippen LogP contribution in [0.4, 0.5) is 4.79 Å². The number of benzene rings is 2. The molecule has 1 aliphatic carbocycles. The number of carbonyl (C=O) groups excluding carboxylic acids is 3.